The number of ketones is 1. The molecule has 2 aromatic heterocycles. The third kappa shape index (κ3) is 3.73. The van der Waals surface area contributed by atoms with Gasteiger partial charge in [0.25, 0.3) is 5.78 Å². The van der Waals surface area contributed by atoms with Gasteiger partial charge in [0.2, 0.25) is 5.16 Å². The minimum atomic E-state index is 0.0928. The highest BCUT2D eigenvalue weighted by Gasteiger charge is 2.28. The summed E-state index contributed by atoms with van der Waals surface area (Å²) in [6, 6.07) is 16.0. The molecule has 0 saturated carbocycles. The Balaban J connectivity index is 1.41. The number of Topliss-reactive ketones (excluding diaryl/α,β-unsaturated/α-hetero) is 1. The normalized spacial score (nSPS) is 16.1. The van der Waals surface area contributed by atoms with Crippen molar-refractivity contribution >= 4 is 34.9 Å². The average molecular weight is 435 g/mol. The van der Waals surface area contributed by atoms with Gasteiger partial charge in [-0.2, -0.15) is 4.98 Å². The summed E-state index contributed by atoms with van der Waals surface area (Å²) in [5.41, 5.74) is 5.06. The number of aryl methyl sites for hydroxylation is 1. The monoisotopic (exact) mass is 434 g/mol. The molecule has 7 heteroatoms. The molecule has 2 aromatic carbocycles. The first-order valence-electron chi connectivity index (χ1n) is 9.79. The molecule has 30 heavy (non-hydrogen) atoms. The Morgan fingerprint density at radius 2 is 1.90 bits per heavy atom. The molecule has 0 fully saturated rings. The van der Waals surface area contributed by atoms with Gasteiger partial charge < -0.3 is 0 Å². The van der Waals surface area contributed by atoms with Crippen LogP contribution in [0, 0.1) is 6.92 Å². The van der Waals surface area contributed by atoms with E-state index in [2.05, 4.69) is 34.1 Å². The molecular weight excluding hydrogens is 416 g/mol. The minimum Gasteiger partial charge on any atom is -0.294 e. The Morgan fingerprint density at radius 3 is 2.70 bits per heavy atom. The number of hydrogen-bond acceptors (Lipinski definition) is 5. The number of hydrogen-bond donors (Lipinski definition) is 0. The molecule has 0 N–H and O–H groups in total. The highest BCUT2D eigenvalue weighted by molar-refractivity contribution is 7.98. The Morgan fingerprint density at radius 1 is 1.10 bits per heavy atom. The van der Waals surface area contributed by atoms with Gasteiger partial charge in [-0.15, -0.1) is 5.10 Å². The Bertz CT molecular complexity index is 1250. The van der Waals surface area contributed by atoms with Crippen molar-refractivity contribution in [1.29, 1.82) is 0 Å². The van der Waals surface area contributed by atoms with Gasteiger partial charge in [-0.25, -0.2) is 9.50 Å². The molecule has 0 amide bonds. The third-order valence-corrected chi connectivity index (χ3v) is 6.66. The summed E-state index contributed by atoms with van der Waals surface area (Å²) in [6.07, 6.45) is 2.95. The molecule has 0 saturated heterocycles. The first-order chi connectivity index (χ1) is 14.6. The summed E-state index contributed by atoms with van der Waals surface area (Å²) in [4.78, 5) is 22.1. The maximum Gasteiger partial charge on any atom is 0.253 e. The van der Waals surface area contributed by atoms with Crippen molar-refractivity contribution in [2.75, 3.05) is 0 Å². The van der Waals surface area contributed by atoms with Crippen LogP contribution in [0.15, 0.2) is 59.9 Å². The molecule has 0 spiro atoms. The molecule has 4 aromatic rings. The van der Waals surface area contributed by atoms with Crippen molar-refractivity contribution < 1.29 is 4.79 Å². The molecule has 2 heterocycles. The number of aromatic nitrogens is 4. The van der Waals surface area contributed by atoms with Crippen LogP contribution in [0.3, 0.4) is 0 Å². The highest BCUT2D eigenvalue weighted by atomic mass is 35.5. The summed E-state index contributed by atoms with van der Waals surface area (Å²) < 4.78 is 1.62. The van der Waals surface area contributed by atoms with Gasteiger partial charge in [-0.1, -0.05) is 59.8 Å². The third-order valence-electron chi connectivity index (χ3n) is 5.52. The van der Waals surface area contributed by atoms with Gasteiger partial charge in [0.1, 0.15) is 0 Å². The molecule has 0 bridgehead atoms. The van der Waals surface area contributed by atoms with Crippen molar-refractivity contribution in [1.82, 2.24) is 19.6 Å². The lowest BCUT2D eigenvalue weighted by Crippen LogP contribution is -2.21. The maximum atomic E-state index is 12.8. The summed E-state index contributed by atoms with van der Waals surface area (Å²) >= 11 is 7.58. The van der Waals surface area contributed by atoms with Gasteiger partial charge in [0.15, 0.2) is 5.78 Å². The van der Waals surface area contributed by atoms with Gasteiger partial charge in [0, 0.05) is 23.4 Å². The minimum absolute atomic E-state index is 0.0928. The van der Waals surface area contributed by atoms with Crippen molar-refractivity contribution in [2.24, 2.45) is 0 Å². The number of halogens is 1. The van der Waals surface area contributed by atoms with Gasteiger partial charge in [0.05, 0.1) is 11.3 Å². The summed E-state index contributed by atoms with van der Waals surface area (Å²) in [7, 11) is 0. The second-order valence-corrected chi connectivity index (χ2v) is 8.91. The number of rotatable bonds is 4. The Kier molecular flexibility index (Phi) is 5.05. The van der Waals surface area contributed by atoms with Crippen LogP contribution in [0.25, 0.3) is 5.78 Å². The van der Waals surface area contributed by atoms with Crippen molar-refractivity contribution in [2.45, 2.75) is 36.6 Å². The van der Waals surface area contributed by atoms with Crippen LogP contribution in [0.5, 0.6) is 0 Å². The molecule has 150 valence electrons. The second-order valence-electron chi connectivity index (χ2n) is 7.54. The Labute approximate surface area is 183 Å². The number of carbonyl (C=O) groups is 1. The molecule has 0 radical (unpaired) electrons. The lowest BCUT2D eigenvalue weighted by molar-refractivity contribution is 0.0962. The standard InChI is InChI=1S/C23H19ClN4OS/c1-14-4-2-3-5-16(14)13-30-23-26-22-25-20-10-17(15-6-8-18(24)9-7-15)11-21(29)19(20)12-28(22)27-23/h2-9,12,17H,10-11,13H2,1H3/t17-/m0/s1. The van der Waals surface area contributed by atoms with Crippen LogP contribution in [-0.2, 0) is 12.2 Å². The summed E-state index contributed by atoms with van der Waals surface area (Å²) in [6.45, 7) is 2.10. The second kappa shape index (κ2) is 7.85. The molecule has 1 aliphatic carbocycles. The van der Waals surface area contributed by atoms with Crippen molar-refractivity contribution in [3.05, 3.63) is 87.7 Å². The number of thioether (sulfide) groups is 1. The van der Waals surface area contributed by atoms with Crippen molar-refractivity contribution in [3.63, 3.8) is 0 Å². The van der Waals surface area contributed by atoms with Crippen LogP contribution < -0.4 is 0 Å². The van der Waals surface area contributed by atoms with E-state index >= 15 is 0 Å². The predicted octanol–water partition coefficient (Wildman–Crippen LogP) is 5.29. The SMILES string of the molecule is Cc1ccccc1CSc1nc2nc3c(cn2n1)C(=O)C[C@@H](c1ccc(Cl)cc1)C3. The van der Waals surface area contributed by atoms with Crippen LogP contribution in [0.1, 0.15) is 45.1 Å². The van der Waals surface area contributed by atoms with E-state index in [1.165, 1.54) is 11.1 Å². The zero-order valence-corrected chi connectivity index (χ0v) is 18.0. The lowest BCUT2D eigenvalue weighted by atomic mass is 9.82. The van der Waals surface area contributed by atoms with Crippen LogP contribution in [0.4, 0.5) is 0 Å². The van der Waals surface area contributed by atoms with Crippen molar-refractivity contribution in [3.8, 4) is 0 Å². The molecule has 5 nitrogen and oxygen atoms in total. The fraction of sp³-hybridized carbons (Fsp3) is 0.217. The van der Waals surface area contributed by atoms with Crippen LogP contribution >= 0.6 is 23.4 Å². The quantitative estimate of drug-likeness (QED) is 0.408. The number of carbonyl (C=O) groups excluding carboxylic acids is 1. The predicted molar refractivity (Wildman–Crippen MR) is 118 cm³/mol. The van der Waals surface area contributed by atoms with Gasteiger partial charge in [-0.05, 0) is 48.1 Å². The molecule has 1 aliphatic rings. The van der Waals surface area contributed by atoms with E-state index in [4.69, 9.17) is 11.6 Å². The maximum absolute atomic E-state index is 12.8. The fourth-order valence-electron chi connectivity index (χ4n) is 3.81. The zero-order valence-electron chi connectivity index (χ0n) is 16.4. The molecular formula is C23H19ClN4OS. The number of fused-ring (bicyclic) bond motifs is 2. The van der Waals surface area contributed by atoms with Crippen LogP contribution in [-0.4, -0.2) is 25.4 Å². The fourth-order valence-corrected chi connectivity index (χ4v) is 4.84. The van der Waals surface area contributed by atoms with Gasteiger partial charge >= 0.3 is 0 Å². The van der Waals surface area contributed by atoms with E-state index in [0.717, 1.165) is 17.0 Å². The van der Waals surface area contributed by atoms with E-state index in [0.29, 0.717) is 34.4 Å². The molecule has 1 atom stereocenters. The summed E-state index contributed by atoms with van der Waals surface area (Å²) in [5.74, 6) is 1.52. The number of benzene rings is 2. The van der Waals surface area contributed by atoms with E-state index in [9.17, 15) is 4.79 Å². The van der Waals surface area contributed by atoms with E-state index in [1.807, 2.05) is 36.4 Å². The molecule has 5 rings (SSSR count). The first-order valence-corrected chi connectivity index (χ1v) is 11.2. The number of nitrogens with zero attached hydrogens (tertiary/aromatic N) is 4. The highest BCUT2D eigenvalue weighted by Crippen LogP contribution is 2.32. The largest absolute Gasteiger partial charge is 0.294 e. The molecule has 0 aliphatic heterocycles. The first kappa shape index (κ1) is 19.3. The topological polar surface area (TPSA) is 60.1 Å². The van der Waals surface area contributed by atoms with Gasteiger partial charge in [-0.3, -0.25) is 4.79 Å². The zero-order chi connectivity index (χ0) is 20.7. The summed E-state index contributed by atoms with van der Waals surface area (Å²) in [5, 5.41) is 5.88. The van der Waals surface area contributed by atoms with E-state index in [-0.39, 0.29) is 11.7 Å². The molecule has 0 unspecified atom stereocenters. The smallest absolute Gasteiger partial charge is 0.253 e. The van der Waals surface area contributed by atoms with E-state index in [1.54, 1.807) is 22.5 Å². The average Bonchev–Trinajstić information content (AvgIpc) is 3.14. The van der Waals surface area contributed by atoms with E-state index < -0.39 is 0 Å². The Hall–Kier alpha value is -2.70. The van der Waals surface area contributed by atoms with Crippen LogP contribution in [0.2, 0.25) is 5.02 Å². The lowest BCUT2D eigenvalue weighted by Gasteiger charge is -2.23.